The van der Waals surface area contributed by atoms with Gasteiger partial charge in [-0.2, -0.15) is 5.10 Å². The molecule has 0 bridgehead atoms. The van der Waals surface area contributed by atoms with Crippen molar-refractivity contribution in [3.63, 3.8) is 0 Å². The van der Waals surface area contributed by atoms with Crippen LogP contribution >= 0.6 is 11.3 Å². The summed E-state index contributed by atoms with van der Waals surface area (Å²) in [5.41, 5.74) is 4.66. The van der Waals surface area contributed by atoms with Gasteiger partial charge >= 0.3 is 0 Å². The second kappa shape index (κ2) is 7.65. The fourth-order valence-corrected chi connectivity index (χ4v) is 3.71. The molecule has 0 aliphatic carbocycles. The second-order valence-electron chi connectivity index (χ2n) is 6.31. The summed E-state index contributed by atoms with van der Waals surface area (Å²) in [6, 6.07) is 25.9. The SMILES string of the molecule is c1ccc(Nc2nnc(-c3cc(-c4cccnc4)n(-c4ccccc4)n3)s2)cc1. The molecule has 7 heteroatoms. The summed E-state index contributed by atoms with van der Waals surface area (Å²) in [7, 11) is 0. The third-order valence-electron chi connectivity index (χ3n) is 4.34. The number of nitrogens with one attached hydrogen (secondary N) is 1. The van der Waals surface area contributed by atoms with Crippen LogP contribution in [-0.4, -0.2) is 25.0 Å². The molecule has 0 radical (unpaired) electrons. The third kappa shape index (κ3) is 3.63. The minimum Gasteiger partial charge on any atom is -0.330 e. The number of rotatable bonds is 5. The highest BCUT2D eigenvalue weighted by Gasteiger charge is 2.16. The molecule has 0 atom stereocenters. The molecule has 0 saturated heterocycles. The van der Waals surface area contributed by atoms with E-state index >= 15 is 0 Å². The van der Waals surface area contributed by atoms with E-state index in [9.17, 15) is 0 Å². The van der Waals surface area contributed by atoms with Crippen LogP contribution in [0, 0.1) is 0 Å². The molecule has 3 aromatic heterocycles. The smallest absolute Gasteiger partial charge is 0.210 e. The zero-order valence-corrected chi connectivity index (χ0v) is 16.1. The van der Waals surface area contributed by atoms with E-state index < -0.39 is 0 Å². The number of hydrogen-bond acceptors (Lipinski definition) is 6. The predicted octanol–water partition coefficient (Wildman–Crippen LogP) is 5.20. The van der Waals surface area contributed by atoms with Gasteiger partial charge in [-0.3, -0.25) is 4.98 Å². The topological polar surface area (TPSA) is 68.5 Å². The van der Waals surface area contributed by atoms with Gasteiger partial charge in [0, 0.05) is 23.6 Å². The highest BCUT2D eigenvalue weighted by atomic mass is 32.1. The van der Waals surface area contributed by atoms with Crippen LogP contribution in [0.25, 0.3) is 27.6 Å². The minimum absolute atomic E-state index is 0.725. The molecule has 0 fully saturated rings. The lowest BCUT2D eigenvalue weighted by Gasteiger charge is -2.06. The Morgan fingerprint density at radius 2 is 1.62 bits per heavy atom. The van der Waals surface area contributed by atoms with E-state index in [1.165, 1.54) is 11.3 Å². The maximum absolute atomic E-state index is 4.82. The van der Waals surface area contributed by atoms with Crippen molar-refractivity contribution < 1.29 is 0 Å². The molecule has 0 amide bonds. The fraction of sp³-hybridized carbons (Fsp3) is 0. The maximum atomic E-state index is 4.82. The summed E-state index contributed by atoms with van der Waals surface area (Å²) >= 11 is 1.47. The molecule has 0 saturated carbocycles. The molecule has 0 unspecified atom stereocenters. The summed E-state index contributed by atoms with van der Waals surface area (Å²) in [6.07, 6.45) is 3.60. The first kappa shape index (κ1) is 17.3. The lowest BCUT2D eigenvalue weighted by atomic mass is 10.2. The molecule has 0 aliphatic heterocycles. The summed E-state index contributed by atoms with van der Waals surface area (Å²) in [5.74, 6) is 0. The molecule has 2 aromatic carbocycles. The molecule has 140 valence electrons. The first-order valence-corrected chi connectivity index (χ1v) is 9.90. The van der Waals surface area contributed by atoms with E-state index in [0.717, 1.165) is 38.5 Å². The predicted molar refractivity (Wildman–Crippen MR) is 115 cm³/mol. The average molecular weight is 396 g/mol. The van der Waals surface area contributed by atoms with E-state index in [1.54, 1.807) is 6.20 Å². The van der Waals surface area contributed by atoms with Crippen LogP contribution in [0.5, 0.6) is 0 Å². The minimum atomic E-state index is 0.725. The molecular formula is C22H16N6S. The monoisotopic (exact) mass is 396 g/mol. The van der Waals surface area contributed by atoms with Crippen LogP contribution in [0.1, 0.15) is 0 Å². The van der Waals surface area contributed by atoms with Crippen molar-refractivity contribution in [2.45, 2.75) is 0 Å². The quantitative estimate of drug-likeness (QED) is 0.442. The van der Waals surface area contributed by atoms with Crippen LogP contribution in [-0.2, 0) is 0 Å². The van der Waals surface area contributed by atoms with Gasteiger partial charge in [0.25, 0.3) is 0 Å². The highest BCUT2D eigenvalue weighted by Crippen LogP contribution is 2.32. The van der Waals surface area contributed by atoms with E-state index in [-0.39, 0.29) is 0 Å². The Kier molecular flexibility index (Phi) is 4.56. The van der Waals surface area contributed by atoms with Crippen LogP contribution in [0.4, 0.5) is 10.8 Å². The van der Waals surface area contributed by atoms with Crippen molar-refractivity contribution in [3.8, 4) is 27.6 Å². The molecule has 6 nitrogen and oxygen atoms in total. The number of hydrogen-bond donors (Lipinski definition) is 1. The maximum Gasteiger partial charge on any atom is 0.210 e. The molecule has 29 heavy (non-hydrogen) atoms. The molecule has 5 aromatic rings. The Bertz CT molecular complexity index is 1160. The number of pyridine rings is 1. The van der Waals surface area contributed by atoms with Gasteiger partial charge in [0.05, 0.1) is 11.4 Å². The van der Waals surface area contributed by atoms with Crippen LogP contribution in [0.3, 0.4) is 0 Å². The van der Waals surface area contributed by atoms with Crippen molar-refractivity contribution in [1.29, 1.82) is 0 Å². The van der Waals surface area contributed by atoms with Crippen molar-refractivity contribution in [3.05, 3.63) is 91.3 Å². The second-order valence-corrected chi connectivity index (χ2v) is 7.28. The highest BCUT2D eigenvalue weighted by molar-refractivity contribution is 7.18. The van der Waals surface area contributed by atoms with E-state index in [0.29, 0.717) is 0 Å². The van der Waals surface area contributed by atoms with Crippen LogP contribution in [0.2, 0.25) is 0 Å². The summed E-state index contributed by atoms with van der Waals surface area (Å²) in [6.45, 7) is 0. The van der Waals surface area contributed by atoms with Crippen molar-refractivity contribution >= 4 is 22.2 Å². The van der Waals surface area contributed by atoms with E-state index in [1.807, 2.05) is 89.7 Å². The van der Waals surface area contributed by atoms with E-state index in [4.69, 9.17) is 5.10 Å². The van der Waals surface area contributed by atoms with Crippen molar-refractivity contribution in [2.24, 2.45) is 0 Å². The lowest BCUT2D eigenvalue weighted by molar-refractivity contribution is 0.889. The van der Waals surface area contributed by atoms with Gasteiger partial charge in [-0.1, -0.05) is 47.7 Å². The zero-order chi connectivity index (χ0) is 19.5. The Balaban J connectivity index is 1.54. The number of aromatic nitrogens is 5. The molecule has 5 rings (SSSR count). The van der Waals surface area contributed by atoms with Gasteiger partial charge in [0.1, 0.15) is 5.69 Å². The first-order valence-electron chi connectivity index (χ1n) is 9.09. The molecule has 0 spiro atoms. The van der Waals surface area contributed by atoms with Gasteiger partial charge in [-0.25, -0.2) is 4.68 Å². The van der Waals surface area contributed by atoms with Crippen LogP contribution in [0.15, 0.2) is 91.3 Å². The first-order chi connectivity index (χ1) is 14.4. The Morgan fingerprint density at radius 1 is 0.828 bits per heavy atom. The number of anilines is 2. The molecule has 0 aliphatic rings. The fourth-order valence-electron chi connectivity index (χ4n) is 2.99. The van der Waals surface area contributed by atoms with Gasteiger partial charge in [-0.15, -0.1) is 10.2 Å². The Morgan fingerprint density at radius 3 is 2.38 bits per heavy atom. The Hall–Kier alpha value is -3.84. The zero-order valence-electron chi connectivity index (χ0n) is 15.3. The third-order valence-corrected chi connectivity index (χ3v) is 5.20. The van der Waals surface area contributed by atoms with Gasteiger partial charge in [0.2, 0.25) is 5.13 Å². The van der Waals surface area contributed by atoms with Gasteiger partial charge in [-0.05, 0) is 42.5 Å². The molecule has 3 heterocycles. The van der Waals surface area contributed by atoms with Crippen LogP contribution < -0.4 is 5.32 Å². The molecular weight excluding hydrogens is 380 g/mol. The Labute approximate surface area is 171 Å². The summed E-state index contributed by atoms with van der Waals surface area (Å²) in [5, 5.41) is 18.2. The normalized spacial score (nSPS) is 10.8. The van der Waals surface area contributed by atoms with Crippen molar-refractivity contribution in [1.82, 2.24) is 25.0 Å². The summed E-state index contributed by atoms with van der Waals surface area (Å²) in [4.78, 5) is 4.25. The van der Waals surface area contributed by atoms with Gasteiger partial charge in [0.15, 0.2) is 5.01 Å². The van der Waals surface area contributed by atoms with Crippen molar-refractivity contribution in [2.75, 3.05) is 5.32 Å². The number of nitrogens with zero attached hydrogens (tertiary/aromatic N) is 5. The number of para-hydroxylation sites is 2. The summed E-state index contributed by atoms with van der Waals surface area (Å²) < 4.78 is 1.91. The van der Waals surface area contributed by atoms with E-state index in [2.05, 4.69) is 20.5 Å². The van der Waals surface area contributed by atoms with Gasteiger partial charge < -0.3 is 5.32 Å². The lowest BCUT2D eigenvalue weighted by Crippen LogP contribution is -1.99. The standard InChI is InChI=1S/C22H16N6S/c1-3-9-17(10-4-1)24-22-26-25-21(29-22)19-14-20(16-8-7-13-23-15-16)28(27-19)18-11-5-2-6-12-18/h1-15H,(H,24,26). The largest absolute Gasteiger partial charge is 0.330 e. The molecule has 1 N–H and O–H groups in total. The number of benzene rings is 2. The average Bonchev–Trinajstić information content (AvgIpc) is 3.43.